The van der Waals surface area contributed by atoms with E-state index < -0.39 is 38.2 Å². The smallest absolute Gasteiger partial charge is 0.360 e. The lowest BCUT2D eigenvalue weighted by Crippen LogP contribution is -2.40. The molecule has 0 unspecified atom stereocenters. The molecule has 0 atom stereocenters. The number of carboxylic acids is 1. The van der Waals surface area contributed by atoms with Gasteiger partial charge in [0.1, 0.15) is 4.90 Å². The van der Waals surface area contributed by atoms with Gasteiger partial charge in [0.05, 0.1) is 12.7 Å². The van der Waals surface area contributed by atoms with E-state index in [0.717, 1.165) is 33.0 Å². The first-order valence-corrected chi connectivity index (χ1v) is 15.0. The zero-order valence-electron chi connectivity index (χ0n) is 23.1. The van der Waals surface area contributed by atoms with Gasteiger partial charge in [-0.25, -0.2) is 32.1 Å². The Morgan fingerprint density at radius 3 is 2.33 bits per heavy atom. The first-order valence-electron chi connectivity index (χ1n) is 11.4. The Morgan fingerprint density at radius 2 is 1.82 bits per heavy atom. The van der Waals surface area contributed by atoms with Crippen LogP contribution in [0, 0.1) is 6.92 Å². The Bertz CT molecular complexity index is 1540. The third kappa shape index (κ3) is 8.15. The maximum Gasteiger partial charge on any atom is 0.360 e. The van der Waals surface area contributed by atoms with Crippen molar-refractivity contribution in [3.63, 3.8) is 0 Å². The van der Waals surface area contributed by atoms with Crippen LogP contribution in [-0.2, 0) is 17.1 Å². The molecule has 220 valence electrons. The van der Waals surface area contributed by atoms with Crippen molar-refractivity contribution in [2.24, 2.45) is 7.05 Å². The number of aromatic nitrogens is 6. The highest BCUT2D eigenvalue weighted by molar-refractivity contribution is 7.98. The van der Waals surface area contributed by atoms with Gasteiger partial charge in [-0.1, -0.05) is 11.8 Å². The van der Waals surface area contributed by atoms with Crippen LogP contribution in [-0.4, -0.2) is 80.3 Å². The summed E-state index contributed by atoms with van der Waals surface area (Å²) >= 11 is 2.41. The number of carbonyl (C=O) groups is 2. The lowest BCUT2D eigenvalue weighted by molar-refractivity contribution is 0.0693. The molecule has 4 N–H and O–H groups in total. The summed E-state index contributed by atoms with van der Waals surface area (Å²) in [6.07, 6.45) is 1.95. The molecule has 0 aromatic carbocycles. The van der Waals surface area contributed by atoms with Gasteiger partial charge in [-0.3, -0.25) is 0 Å². The molecule has 19 heteroatoms. The highest BCUT2D eigenvalue weighted by Crippen LogP contribution is 2.26. The van der Waals surface area contributed by atoms with Crippen LogP contribution in [0.5, 0.6) is 6.01 Å². The molecule has 3 aromatic rings. The molecular formula is C21H31N9O7S3. The number of rotatable bonds is 8. The zero-order chi connectivity index (χ0) is 30.4. The van der Waals surface area contributed by atoms with Crippen LogP contribution in [0.25, 0.3) is 0 Å². The molecule has 0 saturated carbocycles. The lowest BCUT2D eigenvalue weighted by atomic mass is 10.1. The van der Waals surface area contributed by atoms with Crippen LogP contribution in [0.1, 0.15) is 42.9 Å². The molecule has 0 bridgehead atoms. The quantitative estimate of drug-likeness (QED) is 0.266. The second kappa shape index (κ2) is 13.1. The van der Waals surface area contributed by atoms with Crippen LogP contribution in [0.15, 0.2) is 20.2 Å². The normalized spacial score (nSPS) is 11.3. The molecular weight excluding hydrogens is 586 g/mol. The fourth-order valence-corrected chi connectivity index (χ4v) is 5.81. The van der Waals surface area contributed by atoms with Gasteiger partial charge < -0.3 is 20.5 Å². The van der Waals surface area contributed by atoms with E-state index in [0.29, 0.717) is 11.9 Å². The fraction of sp³-hybridized carbons (Fsp3) is 0.476. The van der Waals surface area contributed by atoms with Crippen molar-refractivity contribution in [1.29, 1.82) is 0 Å². The average molecular weight is 618 g/mol. The molecule has 40 heavy (non-hydrogen) atoms. The van der Waals surface area contributed by atoms with E-state index in [1.165, 1.54) is 32.8 Å². The molecule has 16 nitrogen and oxygen atoms in total. The molecule has 0 radical (unpaired) electrons. The summed E-state index contributed by atoms with van der Waals surface area (Å²) in [6.45, 7) is 10.4. The second-order valence-electron chi connectivity index (χ2n) is 8.87. The van der Waals surface area contributed by atoms with E-state index in [1.807, 2.05) is 13.2 Å². The topological polar surface area (TPSA) is 212 Å². The number of ether oxygens (including phenoxy) is 1. The molecule has 0 spiro atoms. The standard InChI is InChI=1S/C11H12N4O7S2.C10H19N5S/c1-5-7(6(4-23-5)8(16)17)24(20,21)13-9(18)15-11(19)14(2)10(12-15)22-3;1-6-11-7-12-8(15-10(2,3)4)14-9(13-7)16-5/h4H,1-3H3,(H,13,18)(H,16,17);6H2,1-5H3,(H2,11,12,13,14,15). The molecule has 3 rings (SSSR count). The number of carboxylic acid groups (broad SMARTS) is 1. The van der Waals surface area contributed by atoms with Gasteiger partial charge in [-0.15, -0.1) is 21.1 Å². The van der Waals surface area contributed by atoms with Crippen LogP contribution in [0.3, 0.4) is 0 Å². The van der Waals surface area contributed by atoms with E-state index in [4.69, 9.17) is 9.84 Å². The minimum atomic E-state index is -4.52. The van der Waals surface area contributed by atoms with E-state index in [9.17, 15) is 22.8 Å². The van der Waals surface area contributed by atoms with Gasteiger partial charge in [-0.2, -0.15) is 15.0 Å². The van der Waals surface area contributed by atoms with E-state index >= 15 is 0 Å². The third-order valence-electron chi connectivity index (χ3n) is 4.57. The molecule has 3 heterocycles. The number of anilines is 2. The molecule has 1 amide bonds. The fourth-order valence-electron chi connectivity index (χ4n) is 2.94. The maximum absolute atomic E-state index is 12.3. The zero-order valence-corrected chi connectivity index (χ0v) is 25.5. The van der Waals surface area contributed by atoms with Crippen LogP contribution in [0.4, 0.5) is 16.7 Å². The Kier molecular flexibility index (Phi) is 10.6. The summed E-state index contributed by atoms with van der Waals surface area (Å²) in [4.78, 5) is 47.5. The van der Waals surface area contributed by atoms with Crippen molar-refractivity contribution in [2.45, 2.75) is 50.2 Å². The van der Waals surface area contributed by atoms with Crippen molar-refractivity contribution in [2.75, 3.05) is 30.5 Å². The first kappa shape index (κ1) is 32.5. The predicted molar refractivity (Wildman–Crippen MR) is 150 cm³/mol. The molecule has 0 aliphatic rings. The number of nitrogens with one attached hydrogen (secondary N) is 3. The summed E-state index contributed by atoms with van der Waals surface area (Å²) in [5.41, 5.74) is -1.45. The highest BCUT2D eigenvalue weighted by Gasteiger charge is 2.30. The minimum Gasteiger partial charge on any atom is -0.478 e. The summed E-state index contributed by atoms with van der Waals surface area (Å²) in [5, 5.41) is 20.8. The number of thioether (sulfide) groups is 1. The van der Waals surface area contributed by atoms with Crippen molar-refractivity contribution in [1.82, 2.24) is 34.0 Å². The molecule has 0 fully saturated rings. The predicted octanol–water partition coefficient (Wildman–Crippen LogP) is 1.84. The number of nitrogens with zero attached hydrogens (tertiary/aromatic N) is 6. The van der Waals surface area contributed by atoms with Crippen molar-refractivity contribution in [3.8, 4) is 6.01 Å². The SMILES string of the molecule is CCNc1nc(NC(C)(C)C)nc(SC)n1.COc1nn(C(=O)NS(=O)(=O)c2c(C(=O)O)csc2C)c(=O)n1C. The number of carbonyl (C=O) groups excluding carboxylic acids is 1. The Balaban J connectivity index is 0.000000305. The number of hydrogen-bond donors (Lipinski definition) is 4. The Labute approximate surface area is 238 Å². The van der Waals surface area contributed by atoms with Gasteiger partial charge in [0, 0.05) is 29.4 Å². The molecule has 0 saturated heterocycles. The first-order chi connectivity index (χ1) is 18.5. The number of methoxy groups -OCH3 is 1. The van der Waals surface area contributed by atoms with Gasteiger partial charge in [0.2, 0.25) is 11.9 Å². The van der Waals surface area contributed by atoms with Gasteiger partial charge in [0.25, 0.3) is 10.0 Å². The Hall–Kier alpha value is -3.71. The number of hydrogen-bond acceptors (Lipinski definition) is 14. The van der Waals surface area contributed by atoms with E-state index in [1.54, 1.807) is 4.72 Å². The van der Waals surface area contributed by atoms with Crippen LogP contribution in [0.2, 0.25) is 0 Å². The van der Waals surface area contributed by atoms with Gasteiger partial charge in [0.15, 0.2) is 5.16 Å². The Morgan fingerprint density at radius 1 is 1.20 bits per heavy atom. The molecule has 3 aromatic heterocycles. The summed E-state index contributed by atoms with van der Waals surface area (Å²) < 4.78 is 32.2. The number of thiophene rings is 1. The summed E-state index contributed by atoms with van der Waals surface area (Å²) in [7, 11) is -2.02. The maximum atomic E-state index is 12.3. The van der Waals surface area contributed by atoms with Crippen molar-refractivity contribution in [3.05, 3.63) is 26.3 Å². The number of sulfonamides is 1. The second-order valence-corrected chi connectivity index (χ2v) is 12.3. The summed E-state index contributed by atoms with van der Waals surface area (Å²) in [5.74, 6) is -0.222. The largest absolute Gasteiger partial charge is 0.478 e. The van der Waals surface area contributed by atoms with Crippen LogP contribution < -0.4 is 25.8 Å². The monoisotopic (exact) mass is 617 g/mol. The van der Waals surface area contributed by atoms with Gasteiger partial charge >= 0.3 is 23.7 Å². The lowest BCUT2D eigenvalue weighted by Gasteiger charge is -2.20. The minimum absolute atomic E-state index is 0.0550. The highest BCUT2D eigenvalue weighted by atomic mass is 32.2. The molecule has 0 aliphatic heterocycles. The number of aromatic carboxylic acids is 1. The van der Waals surface area contributed by atoms with Crippen molar-refractivity contribution >= 4 is 57.0 Å². The van der Waals surface area contributed by atoms with Crippen molar-refractivity contribution < 1.29 is 27.9 Å². The van der Waals surface area contributed by atoms with E-state index in [2.05, 4.69) is 51.5 Å². The average Bonchev–Trinajstić information content (AvgIpc) is 3.38. The number of amides is 1. The van der Waals surface area contributed by atoms with E-state index in [-0.39, 0.29) is 21.1 Å². The molecule has 0 aliphatic carbocycles. The van der Waals surface area contributed by atoms with Gasteiger partial charge in [-0.05, 0) is 40.9 Å². The number of aryl methyl sites for hydroxylation is 1. The summed E-state index contributed by atoms with van der Waals surface area (Å²) in [6, 6.07) is -1.56. The third-order valence-corrected chi connectivity index (χ3v) is 7.67. The van der Waals surface area contributed by atoms with Crippen LogP contribution >= 0.6 is 23.1 Å².